The van der Waals surface area contributed by atoms with Crippen LogP contribution in [0.25, 0.3) is 0 Å². The molecule has 7 heteroatoms. The summed E-state index contributed by atoms with van der Waals surface area (Å²) in [6.45, 7) is 7.40. The lowest BCUT2D eigenvalue weighted by Crippen LogP contribution is -2.42. The minimum absolute atomic E-state index is 0. The fourth-order valence-corrected chi connectivity index (χ4v) is 4.58. The molecule has 3 aliphatic rings. The Balaban J connectivity index is 0.00000240. The van der Waals surface area contributed by atoms with Gasteiger partial charge in [-0.25, -0.2) is 4.98 Å². The second-order valence-electron chi connectivity index (χ2n) is 8.14. The van der Waals surface area contributed by atoms with Crippen molar-refractivity contribution in [3.63, 3.8) is 0 Å². The normalized spacial score (nSPS) is 23.2. The Hall–Kier alpha value is -1.35. The maximum Gasteiger partial charge on any atom is 0.193 e. The van der Waals surface area contributed by atoms with Crippen molar-refractivity contribution in [2.24, 2.45) is 4.99 Å². The summed E-state index contributed by atoms with van der Waals surface area (Å²) in [5, 5.41) is 3.58. The Morgan fingerprint density at radius 2 is 1.90 bits per heavy atom. The lowest BCUT2D eigenvalue weighted by atomic mass is 10.2. The first-order chi connectivity index (χ1) is 13.8. The number of nitrogens with zero attached hydrogens (tertiary/aromatic N) is 5. The molecule has 4 rings (SSSR count). The van der Waals surface area contributed by atoms with Crippen molar-refractivity contribution < 1.29 is 0 Å². The molecule has 2 fully saturated rings. The van der Waals surface area contributed by atoms with Crippen LogP contribution in [0.4, 0.5) is 5.82 Å². The third-order valence-corrected chi connectivity index (χ3v) is 6.23. The van der Waals surface area contributed by atoms with E-state index in [1.807, 2.05) is 13.2 Å². The predicted molar refractivity (Wildman–Crippen MR) is 131 cm³/mol. The maximum atomic E-state index is 4.63. The van der Waals surface area contributed by atoms with Crippen molar-refractivity contribution >= 4 is 35.8 Å². The van der Waals surface area contributed by atoms with Gasteiger partial charge in [0.25, 0.3) is 0 Å². The van der Waals surface area contributed by atoms with Crippen LogP contribution < -0.4 is 10.2 Å². The molecular formula is C22H35IN6. The number of hydrogen-bond donors (Lipinski definition) is 1. The molecule has 6 nitrogen and oxygen atoms in total. The van der Waals surface area contributed by atoms with Gasteiger partial charge in [0.15, 0.2) is 5.96 Å². The Morgan fingerprint density at radius 1 is 1.14 bits per heavy atom. The van der Waals surface area contributed by atoms with Gasteiger partial charge < -0.3 is 15.1 Å². The van der Waals surface area contributed by atoms with Crippen molar-refractivity contribution in [1.29, 1.82) is 0 Å². The third kappa shape index (κ3) is 5.84. The zero-order chi connectivity index (χ0) is 19.2. The van der Waals surface area contributed by atoms with Gasteiger partial charge in [-0.1, -0.05) is 25.0 Å². The molecule has 1 atom stereocenters. The number of anilines is 1. The molecule has 29 heavy (non-hydrogen) atoms. The lowest BCUT2D eigenvalue weighted by molar-refractivity contribution is 0.259. The highest BCUT2D eigenvalue weighted by atomic mass is 127. The molecule has 1 aromatic rings. The van der Waals surface area contributed by atoms with E-state index in [-0.39, 0.29) is 24.0 Å². The molecule has 3 aliphatic heterocycles. The van der Waals surface area contributed by atoms with E-state index in [0.29, 0.717) is 6.04 Å². The van der Waals surface area contributed by atoms with Crippen LogP contribution in [0.5, 0.6) is 0 Å². The van der Waals surface area contributed by atoms with E-state index in [2.05, 4.69) is 54.3 Å². The first kappa shape index (κ1) is 22.3. The predicted octanol–water partition coefficient (Wildman–Crippen LogP) is 3.10. The quantitative estimate of drug-likeness (QED) is 0.292. The number of guanidine groups is 1. The van der Waals surface area contributed by atoms with E-state index in [9.17, 15) is 0 Å². The fourth-order valence-electron chi connectivity index (χ4n) is 4.58. The molecule has 0 amide bonds. The molecule has 0 spiro atoms. The SMILES string of the molecule is CN=C(NCc1ccnc(N2CCCCCC2)c1)N1CCC(N2CC=CC2)C1.I. The molecule has 0 aromatic carbocycles. The molecule has 160 valence electrons. The van der Waals surface area contributed by atoms with Crippen LogP contribution in [0.15, 0.2) is 35.5 Å². The largest absolute Gasteiger partial charge is 0.357 e. The molecular weight excluding hydrogens is 475 g/mol. The standard InChI is InChI=1S/C22H34N6.HI/c1-23-22(28-15-9-20(18-28)26-11-6-7-12-26)25-17-19-8-10-24-21(16-19)27-13-4-2-3-5-14-27;/h6-8,10,16,20H,2-5,9,11-15,17-18H2,1H3,(H,23,25);1H. The van der Waals surface area contributed by atoms with E-state index >= 15 is 0 Å². The van der Waals surface area contributed by atoms with Crippen molar-refractivity contribution in [2.45, 2.75) is 44.7 Å². The summed E-state index contributed by atoms with van der Waals surface area (Å²) in [5.41, 5.74) is 1.27. The van der Waals surface area contributed by atoms with Crippen molar-refractivity contribution in [2.75, 3.05) is 51.2 Å². The number of likely N-dealkylation sites (tertiary alicyclic amines) is 1. The van der Waals surface area contributed by atoms with Gasteiger partial charge in [-0.15, -0.1) is 24.0 Å². The molecule has 1 N–H and O–H groups in total. The van der Waals surface area contributed by atoms with Gasteiger partial charge in [0.2, 0.25) is 0 Å². The van der Waals surface area contributed by atoms with Crippen LogP contribution in [0, 0.1) is 0 Å². The van der Waals surface area contributed by atoms with Crippen LogP contribution in [0.1, 0.15) is 37.7 Å². The second-order valence-corrected chi connectivity index (χ2v) is 8.14. The van der Waals surface area contributed by atoms with E-state index in [1.165, 1.54) is 37.7 Å². The molecule has 4 heterocycles. The highest BCUT2D eigenvalue weighted by molar-refractivity contribution is 14.0. The maximum absolute atomic E-state index is 4.63. The lowest BCUT2D eigenvalue weighted by Gasteiger charge is -2.25. The smallest absolute Gasteiger partial charge is 0.193 e. The minimum Gasteiger partial charge on any atom is -0.357 e. The monoisotopic (exact) mass is 510 g/mol. The Morgan fingerprint density at radius 3 is 2.62 bits per heavy atom. The highest BCUT2D eigenvalue weighted by Crippen LogP contribution is 2.19. The van der Waals surface area contributed by atoms with Gasteiger partial charge in [0.05, 0.1) is 0 Å². The number of hydrogen-bond acceptors (Lipinski definition) is 4. The summed E-state index contributed by atoms with van der Waals surface area (Å²) in [6.07, 6.45) is 13.0. The zero-order valence-electron chi connectivity index (χ0n) is 17.6. The molecule has 0 saturated carbocycles. The summed E-state index contributed by atoms with van der Waals surface area (Å²) in [7, 11) is 1.89. The van der Waals surface area contributed by atoms with E-state index in [1.54, 1.807) is 0 Å². The van der Waals surface area contributed by atoms with Gasteiger partial charge in [-0.05, 0) is 37.0 Å². The van der Waals surface area contributed by atoms with Crippen LogP contribution in [0.2, 0.25) is 0 Å². The number of rotatable bonds is 4. The highest BCUT2D eigenvalue weighted by Gasteiger charge is 2.29. The number of nitrogens with one attached hydrogen (secondary N) is 1. The Labute approximate surface area is 192 Å². The summed E-state index contributed by atoms with van der Waals surface area (Å²) in [4.78, 5) is 16.6. The Kier molecular flexibility index (Phi) is 8.59. The van der Waals surface area contributed by atoms with Gasteiger partial charge in [0, 0.05) is 65.1 Å². The first-order valence-corrected chi connectivity index (χ1v) is 10.9. The summed E-state index contributed by atoms with van der Waals surface area (Å²) < 4.78 is 0. The first-order valence-electron chi connectivity index (χ1n) is 10.9. The zero-order valence-corrected chi connectivity index (χ0v) is 19.9. The topological polar surface area (TPSA) is 47.0 Å². The van der Waals surface area contributed by atoms with E-state index in [4.69, 9.17) is 0 Å². The third-order valence-electron chi connectivity index (χ3n) is 6.23. The van der Waals surface area contributed by atoms with Crippen molar-refractivity contribution in [3.05, 3.63) is 36.0 Å². The van der Waals surface area contributed by atoms with Gasteiger partial charge in [-0.3, -0.25) is 9.89 Å². The summed E-state index contributed by atoms with van der Waals surface area (Å²) >= 11 is 0. The molecule has 0 bridgehead atoms. The molecule has 1 aromatic heterocycles. The molecule has 0 aliphatic carbocycles. The van der Waals surface area contributed by atoms with Crippen molar-refractivity contribution in [1.82, 2.24) is 20.1 Å². The molecule has 2 saturated heterocycles. The van der Waals surface area contributed by atoms with Crippen molar-refractivity contribution in [3.8, 4) is 0 Å². The molecule has 1 unspecified atom stereocenters. The van der Waals surface area contributed by atoms with Crippen LogP contribution in [-0.2, 0) is 6.54 Å². The number of aromatic nitrogens is 1. The number of halogens is 1. The van der Waals surface area contributed by atoms with Gasteiger partial charge in [0.1, 0.15) is 5.82 Å². The summed E-state index contributed by atoms with van der Waals surface area (Å²) in [6, 6.07) is 5.00. The average molecular weight is 510 g/mol. The second kappa shape index (κ2) is 11.2. The average Bonchev–Trinajstić information content (AvgIpc) is 3.36. The van der Waals surface area contributed by atoms with Gasteiger partial charge >= 0.3 is 0 Å². The fraction of sp³-hybridized carbons (Fsp3) is 0.636. The number of pyridine rings is 1. The summed E-state index contributed by atoms with van der Waals surface area (Å²) in [5.74, 6) is 2.14. The van der Waals surface area contributed by atoms with E-state index < -0.39 is 0 Å². The Bertz CT molecular complexity index is 690. The van der Waals surface area contributed by atoms with E-state index in [0.717, 1.165) is 57.6 Å². The molecule has 0 radical (unpaired) electrons. The van der Waals surface area contributed by atoms with Crippen LogP contribution >= 0.6 is 24.0 Å². The minimum atomic E-state index is 0. The number of aliphatic imine (C=N–C) groups is 1. The van der Waals surface area contributed by atoms with Crippen LogP contribution in [0.3, 0.4) is 0 Å². The van der Waals surface area contributed by atoms with Gasteiger partial charge in [-0.2, -0.15) is 0 Å². The van der Waals surface area contributed by atoms with Crippen LogP contribution in [-0.4, -0.2) is 73.1 Å².